The third-order valence-electron chi connectivity index (χ3n) is 7.39. The second-order valence-electron chi connectivity index (χ2n) is 10.4. The molecule has 0 amide bonds. The first-order valence-electron chi connectivity index (χ1n) is 13.2. The molecule has 0 aromatic carbocycles. The molecule has 0 aliphatic carbocycles. The number of imidazole rings is 1. The number of aliphatic hydroxyl groups is 1. The number of rotatable bonds is 11. The number of H-pyrrole nitrogens is 1. The third-order valence-corrected chi connectivity index (χ3v) is 9.50. The number of anilines is 1. The number of nitrogens with one attached hydrogen (secondary N) is 1. The van der Waals surface area contributed by atoms with E-state index in [0.717, 1.165) is 17.1 Å². The fourth-order valence-corrected chi connectivity index (χ4v) is 7.21. The number of thiol groups is 1. The quantitative estimate of drug-likeness (QED) is 0.0951. The van der Waals surface area contributed by atoms with Gasteiger partial charge in [-0.3, -0.25) is 22.9 Å². The van der Waals surface area contributed by atoms with Crippen LogP contribution in [0.15, 0.2) is 30.0 Å². The Morgan fingerprint density at radius 2 is 2.00 bits per heavy atom. The van der Waals surface area contributed by atoms with Gasteiger partial charge in [-0.05, 0) is 12.8 Å². The van der Waals surface area contributed by atoms with Crippen molar-refractivity contribution in [3.8, 4) is 0 Å². The van der Waals surface area contributed by atoms with Gasteiger partial charge in [0.2, 0.25) is 0 Å². The number of aromatic nitrogens is 7. The molecule has 0 bridgehead atoms. The van der Waals surface area contributed by atoms with E-state index in [4.69, 9.17) is 34.0 Å². The highest BCUT2D eigenvalue weighted by atomic mass is 32.7. The number of nitrogen functional groups attached to an aromatic ring is 1. The molecule has 4 aromatic heterocycles. The minimum absolute atomic E-state index is 0.134. The van der Waals surface area contributed by atoms with Crippen molar-refractivity contribution in [2.45, 2.75) is 49.5 Å². The number of halogens is 1. The Balaban J connectivity index is 1.19. The van der Waals surface area contributed by atoms with Crippen molar-refractivity contribution in [1.29, 1.82) is 0 Å². The maximum Gasteiger partial charge on any atom is 0.469 e. The van der Waals surface area contributed by atoms with Crippen LogP contribution in [-0.4, -0.2) is 86.6 Å². The molecule has 244 valence electrons. The van der Waals surface area contributed by atoms with Crippen LogP contribution in [0.4, 0.5) is 10.2 Å². The maximum atomic E-state index is 14.7. The van der Waals surface area contributed by atoms with Crippen molar-refractivity contribution in [1.82, 2.24) is 34.1 Å². The van der Waals surface area contributed by atoms with Gasteiger partial charge in [0.25, 0.3) is 5.56 Å². The van der Waals surface area contributed by atoms with Gasteiger partial charge in [0.15, 0.2) is 29.2 Å². The summed E-state index contributed by atoms with van der Waals surface area (Å²) in [6.45, 7) is -5.84. The summed E-state index contributed by atoms with van der Waals surface area (Å²) in [5.41, 5.74) is 4.44. The molecule has 23 heteroatoms. The highest BCUT2D eigenvalue weighted by Crippen LogP contribution is 2.58. The van der Waals surface area contributed by atoms with Gasteiger partial charge in [0.05, 0.1) is 38.6 Å². The summed E-state index contributed by atoms with van der Waals surface area (Å²) in [5, 5.41) is 9.87. The van der Waals surface area contributed by atoms with Crippen LogP contribution in [0.5, 0.6) is 0 Å². The van der Waals surface area contributed by atoms with Crippen LogP contribution in [0.25, 0.3) is 22.2 Å². The predicted octanol–water partition coefficient (Wildman–Crippen LogP) is 1.16. The van der Waals surface area contributed by atoms with Gasteiger partial charge in [-0.1, -0.05) is 12.2 Å². The Bertz CT molecular complexity index is 1890. The van der Waals surface area contributed by atoms with Gasteiger partial charge in [-0.25, -0.2) is 33.5 Å². The molecular weight excluding hydrogens is 665 g/mol. The smallest absolute Gasteiger partial charge is 0.393 e. The van der Waals surface area contributed by atoms with Gasteiger partial charge in [-0.15, -0.1) is 0 Å². The standard InChI is InChI=1S/C22H27FN8O11P2S/c23-12-4-30(18-15(12)20(33)28-9-26-18)21-13(3-11(40-21)5-38-43(34,35)36)42-44(37,45)39-7-22(6-32)2-1-14(41-22)31-10-29-16-17(24)25-8-27-19(16)31/h4,8-11,13-14,21,32H,1-3,5-7H2,(H,37,45)(H2,24,25,27)(H,26,28,33)(H2,34,35,36)/t11-,13+,14+,21+,22+,44?/m0/s1. The zero-order chi connectivity index (χ0) is 32.1. The van der Waals surface area contributed by atoms with Crippen LogP contribution < -0.4 is 11.3 Å². The highest BCUT2D eigenvalue weighted by Gasteiger charge is 2.46. The van der Waals surface area contributed by atoms with E-state index in [-0.39, 0.29) is 29.7 Å². The van der Waals surface area contributed by atoms with Gasteiger partial charge in [0, 0.05) is 12.6 Å². The zero-order valence-corrected chi connectivity index (χ0v) is 25.6. The molecule has 0 spiro atoms. The van der Waals surface area contributed by atoms with Crippen molar-refractivity contribution in [3.05, 3.63) is 41.3 Å². The van der Waals surface area contributed by atoms with Crippen LogP contribution in [0, 0.1) is 5.82 Å². The van der Waals surface area contributed by atoms with E-state index in [9.17, 15) is 23.4 Å². The Kier molecular flexibility index (Phi) is 8.63. The molecule has 2 aliphatic heterocycles. The minimum Gasteiger partial charge on any atom is -0.393 e. The molecule has 4 aromatic rings. The lowest BCUT2D eigenvalue weighted by Gasteiger charge is -2.29. The first-order chi connectivity index (χ1) is 21.3. The molecule has 2 fully saturated rings. The number of hydrogen-bond donors (Lipinski definition) is 6. The summed E-state index contributed by atoms with van der Waals surface area (Å²) in [6, 6.07) is 0. The Labute approximate surface area is 256 Å². The summed E-state index contributed by atoms with van der Waals surface area (Å²) in [4.78, 5) is 49.1. The molecule has 6 rings (SSSR count). The van der Waals surface area contributed by atoms with Crippen molar-refractivity contribution >= 4 is 54.9 Å². The number of phosphoric acid groups is 1. The molecule has 6 atom stereocenters. The number of ether oxygens (including phenoxy) is 2. The maximum absolute atomic E-state index is 14.7. The molecule has 45 heavy (non-hydrogen) atoms. The third kappa shape index (κ3) is 6.56. The molecule has 6 N–H and O–H groups in total. The van der Waals surface area contributed by atoms with Crippen LogP contribution in [0.2, 0.25) is 0 Å². The van der Waals surface area contributed by atoms with Gasteiger partial charge in [-0.2, -0.15) is 0 Å². The zero-order valence-electron chi connectivity index (χ0n) is 22.9. The normalized spacial score (nSPS) is 27.0. The van der Waals surface area contributed by atoms with Crippen LogP contribution in [0.3, 0.4) is 0 Å². The first kappa shape index (κ1) is 32.1. The Morgan fingerprint density at radius 3 is 2.76 bits per heavy atom. The van der Waals surface area contributed by atoms with Gasteiger partial charge in [0.1, 0.15) is 35.2 Å². The number of nitrogens with zero attached hydrogens (tertiary/aromatic N) is 6. The van der Waals surface area contributed by atoms with Crippen molar-refractivity contribution < 1.29 is 51.5 Å². The lowest BCUT2D eigenvalue weighted by Crippen LogP contribution is -2.38. The van der Waals surface area contributed by atoms with Gasteiger partial charge >= 0.3 is 14.6 Å². The molecule has 2 aliphatic rings. The number of phosphoric ester groups is 1. The largest absolute Gasteiger partial charge is 0.469 e. The summed E-state index contributed by atoms with van der Waals surface area (Å²) in [7, 11) is -4.88. The minimum atomic E-state index is -4.88. The van der Waals surface area contributed by atoms with Crippen molar-refractivity contribution in [2.24, 2.45) is 0 Å². The monoisotopic (exact) mass is 692 g/mol. The van der Waals surface area contributed by atoms with E-state index in [1.807, 2.05) is 0 Å². The van der Waals surface area contributed by atoms with E-state index in [1.165, 1.54) is 12.7 Å². The number of aromatic amines is 1. The molecule has 6 heterocycles. The fraction of sp³-hybridized carbons (Fsp3) is 0.500. The van der Waals surface area contributed by atoms with E-state index in [2.05, 4.69) is 41.7 Å². The average Bonchev–Trinajstić information content (AvgIpc) is 3.76. The average molecular weight is 693 g/mol. The highest BCUT2D eigenvalue weighted by molar-refractivity contribution is 8.44. The summed E-state index contributed by atoms with van der Waals surface area (Å²) >= 11 is 4.09. The van der Waals surface area contributed by atoms with Crippen molar-refractivity contribution in [3.63, 3.8) is 0 Å². The molecule has 19 nitrogen and oxygen atoms in total. The van der Waals surface area contributed by atoms with E-state index in [0.29, 0.717) is 17.6 Å². The van der Waals surface area contributed by atoms with Crippen LogP contribution in [-0.2, 0) is 32.2 Å². The molecule has 0 saturated carbocycles. The Morgan fingerprint density at radius 1 is 1.20 bits per heavy atom. The SMILES string of the molecule is Nc1ncnc2c1ncn2[C@H]1CC[C@@](CO)(COP(=O)(S)O[C@@H]2C[C@@H](COP(=O)(O)O)O[C@H]2n2cc(F)c3c(=O)[nH]cnc32)O1. The summed E-state index contributed by atoms with van der Waals surface area (Å²) in [5.74, 6) is -0.746. The number of hydrogen-bond acceptors (Lipinski definition) is 14. The number of nitrogens with two attached hydrogens (primary N) is 1. The summed E-state index contributed by atoms with van der Waals surface area (Å²) < 4.78 is 70.1. The van der Waals surface area contributed by atoms with E-state index >= 15 is 0 Å². The molecule has 1 unspecified atom stereocenters. The fourth-order valence-electron chi connectivity index (χ4n) is 5.32. The summed E-state index contributed by atoms with van der Waals surface area (Å²) in [6.07, 6.45) is 1.05. The van der Waals surface area contributed by atoms with Crippen molar-refractivity contribution in [2.75, 3.05) is 25.6 Å². The molecule has 0 radical (unpaired) electrons. The first-order valence-corrected chi connectivity index (χ1v) is 17.5. The van der Waals surface area contributed by atoms with Gasteiger partial charge < -0.3 is 39.7 Å². The topological polar surface area (TPSA) is 261 Å². The molecular formula is C22H27FN8O11P2S. The predicted molar refractivity (Wildman–Crippen MR) is 153 cm³/mol. The number of fused-ring (bicyclic) bond motifs is 2. The van der Waals surface area contributed by atoms with Crippen LogP contribution >= 0.6 is 26.9 Å². The Hall–Kier alpha value is -2.81. The van der Waals surface area contributed by atoms with E-state index < -0.39 is 76.1 Å². The number of aliphatic hydroxyl groups excluding tert-OH is 1. The molecule has 2 saturated heterocycles. The second-order valence-corrected chi connectivity index (χ2v) is 14.5. The van der Waals surface area contributed by atoms with Crippen LogP contribution in [0.1, 0.15) is 31.7 Å². The lowest BCUT2D eigenvalue weighted by molar-refractivity contribution is -0.117. The lowest BCUT2D eigenvalue weighted by atomic mass is 10.0. The second kappa shape index (κ2) is 12.1. The van der Waals surface area contributed by atoms with E-state index in [1.54, 1.807) is 4.57 Å².